The van der Waals surface area contributed by atoms with Crippen LogP contribution in [0.2, 0.25) is 0 Å². The Balaban J connectivity index is 0.000000240. The highest BCUT2D eigenvalue weighted by Gasteiger charge is 2.29. The van der Waals surface area contributed by atoms with Crippen LogP contribution in [0.1, 0.15) is 65.2 Å². The first-order chi connectivity index (χ1) is 11.5. The molecule has 2 rings (SSSR count). The molecule has 4 N–H and O–H groups in total. The van der Waals surface area contributed by atoms with Crippen LogP contribution in [0.3, 0.4) is 0 Å². The summed E-state index contributed by atoms with van der Waals surface area (Å²) in [7, 11) is 0. The van der Waals surface area contributed by atoms with Gasteiger partial charge in [-0.25, -0.2) is 0 Å². The van der Waals surface area contributed by atoms with Crippen molar-refractivity contribution < 1.29 is 19.1 Å². The second-order valence-corrected chi connectivity index (χ2v) is 6.61. The molecule has 0 radical (unpaired) electrons. The Labute approximate surface area is 145 Å². The fourth-order valence-corrected chi connectivity index (χ4v) is 3.40. The average molecular weight is 342 g/mol. The van der Waals surface area contributed by atoms with E-state index in [2.05, 4.69) is 0 Å². The molecule has 0 aromatic heterocycles. The van der Waals surface area contributed by atoms with Crippen LogP contribution in [0.25, 0.3) is 0 Å². The van der Waals surface area contributed by atoms with Crippen molar-refractivity contribution in [2.75, 3.05) is 13.2 Å². The summed E-state index contributed by atoms with van der Waals surface area (Å²) in [4.78, 5) is 22.6. The lowest BCUT2D eigenvalue weighted by molar-refractivity contribution is -0.150. The van der Waals surface area contributed by atoms with Crippen LogP contribution < -0.4 is 11.5 Å². The van der Waals surface area contributed by atoms with E-state index in [-0.39, 0.29) is 35.9 Å². The fraction of sp³-hybridized carbons (Fsp3) is 0.889. The normalized spacial score (nSPS) is 29.8. The van der Waals surface area contributed by atoms with E-state index >= 15 is 0 Å². The van der Waals surface area contributed by atoms with Gasteiger partial charge in [0, 0.05) is 12.1 Å². The molecule has 2 aliphatic rings. The van der Waals surface area contributed by atoms with E-state index in [1.165, 1.54) is 0 Å². The Hall–Kier alpha value is -1.14. The number of carbonyl (C=O) groups excluding carboxylic acids is 2. The first-order valence-corrected chi connectivity index (χ1v) is 9.35. The average Bonchev–Trinajstić information content (AvgIpc) is 2.56. The predicted octanol–water partition coefficient (Wildman–Crippen LogP) is 2.13. The van der Waals surface area contributed by atoms with Crippen LogP contribution in [0.15, 0.2) is 0 Å². The number of rotatable bonds is 4. The zero-order valence-electron chi connectivity index (χ0n) is 15.2. The molecule has 24 heavy (non-hydrogen) atoms. The molecule has 0 amide bonds. The van der Waals surface area contributed by atoms with E-state index in [0.29, 0.717) is 13.2 Å². The first-order valence-electron chi connectivity index (χ1n) is 9.35. The number of hydrogen-bond donors (Lipinski definition) is 2. The highest BCUT2D eigenvalue weighted by molar-refractivity contribution is 5.73. The Kier molecular flexibility index (Phi) is 9.95. The molecule has 2 fully saturated rings. The molecular weight excluding hydrogens is 308 g/mol. The Morgan fingerprint density at radius 2 is 1.08 bits per heavy atom. The van der Waals surface area contributed by atoms with Crippen LogP contribution in [0.5, 0.6) is 0 Å². The molecule has 0 aliphatic heterocycles. The number of nitrogens with two attached hydrogens (primary N) is 2. The highest BCUT2D eigenvalue weighted by Crippen LogP contribution is 2.24. The summed E-state index contributed by atoms with van der Waals surface area (Å²) in [5.41, 5.74) is 11.6. The standard InChI is InChI=1S/2C9H17NO2/c2*1-2-12-9(11)7-5-3-4-6-8(7)10/h2*7-8H,2-6,10H2,1H3/t2*7-,8+/m10/s1. The third kappa shape index (κ3) is 6.77. The second kappa shape index (κ2) is 11.4. The lowest BCUT2D eigenvalue weighted by Crippen LogP contribution is -2.38. The first kappa shape index (κ1) is 20.9. The maximum absolute atomic E-state index is 11.3. The van der Waals surface area contributed by atoms with Crippen LogP contribution >= 0.6 is 0 Å². The molecule has 0 aromatic rings. The van der Waals surface area contributed by atoms with Crippen LogP contribution in [-0.4, -0.2) is 37.2 Å². The quantitative estimate of drug-likeness (QED) is 0.758. The van der Waals surface area contributed by atoms with E-state index < -0.39 is 0 Å². The van der Waals surface area contributed by atoms with Crippen molar-refractivity contribution in [1.29, 1.82) is 0 Å². The van der Waals surface area contributed by atoms with Crippen molar-refractivity contribution >= 4 is 11.9 Å². The molecule has 0 heterocycles. The molecule has 2 aliphatic carbocycles. The van der Waals surface area contributed by atoms with Gasteiger partial charge in [0.1, 0.15) is 0 Å². The SMILES string of the molecule is CCOC(=O)[C@@H]1CCCC[C@@H]1N.CCOC(=O)[C@H]1CCCC[C@H]1N. The molecule has 0 spiro atoms. The highest BCUT2D eigenvalue weighted by atomic mass is 16.5. The summed E-state index contributed by atoms with van der Waals surface area (Å²) in [6.07, 6.45) is 8.25. The van der Waals surface area contributed by atoms with Crippen molar-refractivity contribution in [1.82, 2.24) is 0 Å². The predicted molar refractivity (Wildman–Crippen MR) is 93.1 cm³/mol. The molecule has 0 unspecified atom stereocenters. The zero-order valence-corrected chi connectivity index (χ0v) is 15.2. The molecule has 0 aromatic carbocycles. The topological polar surface area (TPSA) is 105 Å². The van der Waals surface area contributed by atoms with Gasteiger partial charge < -0.3 is 20.9 Å². The monoisotopic (exact) mass is 342 g/mol. The fourth-order valence-electron chi connectivity index (χ4n) is 3.40. The Morgan fingerprint density at radius 3 is 1.38 bits per heavy atom. The van der Waals surface area contributed by atoms with E-state index in [1.807, 2.05) is 13.8 Å². The van der Waals surface area contributed by atoms with Crippen molar-refractivity contribution in [2.24, 2.45) is 23.3 Å². The third-order valence-corrected chi connectivity index (χ3v) is 4.82. The van der Waals surface area contributed by atoms with Crippen LogP contribution in [0, 0.1) is 11.8 Å². The molecule has 4 atom stereocenters. The van der Waals surface area contributed by atoms with Crippen molar-refractivity contribution in [3.8, 4) is 0 Å². The summed E-state index contributed by atoms with van der Waals surface area (Å²) >= 11 is 0. The van der Waals surface area contributed by atoms with Crippen LogP contribution in [0.4, 0.5) is 0 Å². The van der Waals surface area contributed by atoms with Crippen LogP contribution in [-0.2, 0) is 19.1 Å². The molecule has 6 heteroatoms. The van der Waals surface area contributed by atoms with E-state index in [0.717, 1.165) is 51.4 Å². The number of esters is 2. The van der Waals surface area contributed by atoms with Crippen molar-refractivity contribution in [3.05, 3.63) is 0 Å². The lowest BCUT2D eigenvalue weighted by Gasteiger charge is -2.26. The molecule has 0 bridgehead atoms. The maximum Gasteiger partial charge on any atom is 0.310 e. The van der Waals surface area contributed by atoms with E-state index in [9.17, 15) is 9.59 Å². The number of carbonyl (C=O) groups is 2. The Morgan fingerprint density at radius 1 is 0.750 bits per heavy atom. The van der Waals surface area contributed by atoms with E-state index in [4.69, 9.17) is 20.9 Å². The van der Waals surface area contributed by atoms with Gasteiger partial charge in [0.2, 0.25) is 0 Å². The third-order valence-electron chi connectivity index (χ3n) is 4.82. The number of hydrogen-bond acceptors (Lipinski definition) is 6. The van der Waals surface area contributed by atoms with Gasteiger partial charge in [-0.2, -0.15) is 0 Å². The van der Waals surface area contributed by atoms with Gasteiger partial charge in [0.15, 0.2) is 0 Å². The van der Waals surface area contributed by atoms with Gasteiger partial charge in [-0.05, 0) is 39.5 Å². The summed E-state index contributed by atoms with van der Waals surface area (Å²) in [5, 5.41) is 0. The van der Waals surface area contributed by atoms with Crippen molar-refractivity contribution in [2.45, 2.75) is 77.3 Å². The number of ether oxygens (including phenoxy) is 2. The van der Waals surface area contributed by atoms with Gasteiger partial charge >= 0.3 is 11.9 Å². The summed E-state index contributed by atoms with van der Waals surface area (Å²) in [6, 6.07) is 0.0515. The van der Waals surface area contributed by atoms with Gasteiger partial charge in [-0.3, -0.25) is 9.59 Å². The summed E-state index contributed by atoms with van der Waals surface area (Å²) in [5.74, 6) is -0.299. The lowest BCUT2D eigenvalue weighted by atomic mass is 9.85. The Bertz CT molecular complexity index is 353. The molecule has 0 saturated heterocycles. The van der Waals surface area contributed by atoms with Gasteiger partial charge in [0.25, 0.3) is 0 Å². The largest absolute Gasteiger partial charge is 0.466 e. The molecule has 140 valence electrons. The molecular formula is C18H34N2O4. The smallest absolute Gasteiger partial charge is 0.310 e. The minimum absolute atomic E-state index is 0.0257. The minimum atomic E-state index is -0.107. The van der Waals surface area contributed by atoms with Gasteiger partial charge in [0.05, 0.1) is 25.0 Å². The van der Waals surface area contributed by atoms with Gasteiger partial charge in [-0.1, -0.05) is 25.7 Å². The molecule has 2 saturated carbocycles. The van der Waals surface area contributed by atoms with Gasteiger partial charge in [-0.15, -0.1) is 0 Å². The van der Waals surface area contributed by atoms with Crippen molar-refractivity contribution in [3.63, 3.8) is 0 Å². The summed E-state index contributed by atoms with van der Waals surface area (Å²) in [6.45, 7) is 4.57. The summed E-state index contributed by atoms with van der Waals surface area (Å²) < 4.78 is 9.87. The zero-order chi connectivity index (χ0) is 17.9. The molecule has 6 nitrogen and oxygen atoms in total. The maximum atomic E-state index is 11.3. The van der Waals surface area contributed by atoms with E-state index in [1.54, 1.807) is 0 Å². The minimum Gasteiger partial charge on any atom is -0.466 e. The second-order valence-electron chi connectivity index (χ2n) is 6.61.